The molecule has 0 amide bonds. The van der Waals surface area contributed by atoms with Gasteiger partial charge in [0.05, 0.1) is 12.2 Å². The summed E-state index contributed by atoms with van der Waals surface area (Å²) < 4.78 is 0. The molecule has 2 heteroatoms. The Morgan fingerprint density at radius 1 is 0.628 bits per heavy atom. The van der Waals surface area contributed by atoms with Crippen molar-refractivity contribution in [3.8, 4) is 0 Å². The minimum atomic E-state index is -0.338. The van der Waals surface area contributed by atoms with E-state index >= 15 is 0 Å². The number of hydrogen-bond donors (Lipinski definition) is 2. The lowest BCUT2D eigenvalue weighted by Gasteiger charge is -2.41. The lowest BCUT2D eigenvalue weighted by Crippen LogP contribution is -2.34. The van der Waals surface area contributed by atoms with Crippen LogP contribution in [0.2, 0.25) is 0 Å². The second kappa shape index (κ2) is 16.2. The van der Waals surface area contributed by atoms with E-state index in [2.05, 4.69) is 161 Å². The van der Waals surface area contributed by atoms with E-state index in [1.807, 2.05) is 0 Å². The summed E-state index contributed by atoms with van der Waals surface area (Å²) in [5.74, 6) is 0.442. The molecule has 0 aromatic rings. The number of rotatable bonds is 10. The van der Waals surface area contributed by atoms with Crippen molar-refractivity contribution in [2.75, 3.05) is 0 Å². The summed E-state index contributed by atoms with van der Waals surface area (Å²) in [7, 11) is 0. The summed E-state index contributed by atoms with van der Waals surface area (Å²) in [5, 5.41) is 20.7. The van der Waals surface area contributed by atoms with Crippen molar-refractivity contribution >= 4 is 0 Å². The molecule has 0 saturated heterocycles. The first-order valence-corrected chi connectivity index (χ1v) is 15.9. The lowest BCUT2D eigenvalue weighted by atomic mass is 9.65. The van der Waals surface area contributed by atoms with Crippen LogP contribution in [0.4, 0.5) is 0 Å². The van der Waals surface area contributed by atoms with E-state index in [9.17, 15) is 10.2 Å². The van der Waals surface area contributed by atoms with E-state index in [4.69, 9.17) is 0 Å². The summed E-state index contributed by atoms with van der Waals surface area (Å²) in [4.78, 5) is 0. The van der Waals surface area contributed by atoms with Gasteiger partial charge in [-0.2, -0.15) is 0 Å². The van der Waals surface area contributed by atoms with Gasteiger partial charge in [0.15, 0.2) is 0 Å². The van der Waals surface area contributed by atoms with Crippen LogP contribution >= 0.6 is 0 Å². The number of aliphatic hydroxyl groups is 2. The highest BCUT2D eigenvalue weighted by Gasteiger charge is 2.37. The Balaban J connectivity index is 1.94. The van der Waals surface area contributed by atoms with Gasteiger partial charge in [0.2, 0.25) is 0 Å². The van der Waals surface area contributed by atoms with E-state index < -0.39 is 0 Å². The molecule has 3 atom stereocenters. The summed E-state index contributed by atoms with van der Waals surface area (Å²) in [6.45, 7) is 23.9. The number of aliphatic hydroxyl groups excluding tert-OH is 2. The van der Waals surface area contributed by atoms with Gasteiger partial charge >= 0.3 is 0 Å². The molecule has 2 rings (SSSR count). The van der Waals surface area contributed by atoms with Crippen molar-refractivity contribution in [3.05, 3.63) is 130 Å². The number of hydrogen-bond acceptors (Lipinski definition) is 2. The fourth-order valence-corrected chi connectivity index (χ4v) is 5.79. The molecule has 0 aliphatic heterocycles. The standard InChI is InChI=1S/C41H58O2/c1-29(18-14-20-31(3)22-24-36-34(6)38(42)26-27-40(36,8)9)16-12-13-17-30(2)19-15-21-32(4)23-25-37-35(7)39(43)28-33(5)41(37,10)11/h12-25,33,38-39,42-43H,26-28H2,1-11H3/b13-12+,18-14+,19-15+,24-22+,25-23+,29-16+,30-17+,31-20+,32-21+. The smallest absolute Gasteiger partial charge is 0.0756 e. The highest BCUT2D eigenvalue weighted by atomic mass is 16.3. The SMILES string of the molecule is CC1=C(/C=C/C(C)=C/C=C/C(C)=C/C=C/C=C(C)/C=C/C=C(C)/C=C/C2=C(C)C(O)CC(C)C2(C)C)C(C)(C)CCC1O. The predicted molar refractivity (Wildman–Crippen MR) is 189 cm³/mol. The number of allylic oxidation sites excluding steroid dienone is 20. The zero-order chi connectivity index (χ0) is 32.4. The van der Waals surface area contributed by atoms with Crippen LogP contribution in [0, 0.1) is 16.7 Å². The average molecular weight is 583 g/mol. The Bertz CT molecular complexity index is 1320. The van der Waals surface area contributed by atoms with Crippen molar-refractivity contribution in [2.45, 2.75) is 108 Å². The van der Waals surface area contributed by atoms with Crippen molar-refractivity contribution in [1.82, 2.24) is 0 Å². The zero-order valence-corrected chi connectivity index (χ0v) is 28.8. The summed E-state index contributed by atoms with van der Waals surface area (Å²) in [6, 6.07) is 0. The van der Waals surface area contributed by atoms with Crippen LogP contribution in [-0.4, -0.2) is 22.4 Å². The van der Waals surface area contributed by atoms with Crippen molar-refractivity contribution in [2.24, 2.45) is 16.7 Å². The van der Waals surface area contributed by atoms with Crippen LogP contribution in [0.3, 0.4) is 0 Å². The summed E-state index contributed by atoms with van der Waals surface area (Å²) in [5.41, 5.74) is 9.60. The van der Waals surface area contributed by atoms with Crippen LogP contribution in [-0.2, 0) is 0 Å². The van der Waals surface area contributed by atoms with Gasteiger partial charge in [-0.25, -0.2) is 0 Å². The molecule has 0 radical (unpaired) electrons. The molecular formula is C41H58O2. The average Bonchev–Trinajstić information content (AvgIpc) is 2.92. The van der Waals surface area contributed by atoms with Crippen LogP contribution < -0.4 is 0 Å². The van der Waals surface area contributed by atoms with Crippen molar-refractivity contribution in [3.63, 3.8) is 0 Å². The molecule has 0 spiro atoms. The van der Waals surface area contributed by atoms with Gasteiger partial charge in [0.25, 0.3) is 0 Å². The van der Waals surface area contributed by atoms with Gasteiger partial charge < -0.3 is 10.2 Å². The first-order chi connectivity index (χ1) is 20.1. The minimum absolute atomic E-state index is 0.0620. The van der Waals surface area contributed by atoms with E-state index in [0.29, 0.717) is 5.92 Å². The van der Waals surface area contributed by atoms with Gasteiger partial charge in [-0.1, -0.05) is 142 Å². The molecule has 0 saturated carbocycles. The lowest BCUT2D eigenvalue weighted by molar-refractivity contribution is 0.121. The predicted octanol–water partition coefficient (Wildman–Crippen LogP) is 10.8. The molecule has 0 aromatic carbocycles. The molecular weight excluding hydrogens is 524 g/mol. The van der Waals surface area contributed by atoms with Gasteiger partial charge in [-0.05, 0) is 99.8 Å². The maximum Gasteiger partial charge on any atom is 0.0756 e. The first kappa shape index (κ1) is 36.3. The molecule has 0 aromatic heterocycles. The maximum atomic E-state index is 10.4. The Hall–Kier alpha value is -2.94. The fourth-order valence-electron chi connectivity index (χ4n) is 5.79. The van der Waals surface area contributed by atoms with Gasteiger partial charge in [-0.15, -0.1) is 0 Å². The molecule has 234 valence electrons. The first-order valence-electron chi connectivity index (χ1n) is 15.9. The molecule has 0 bridgehead atoms. The third kappa shape index (κ3) is 10.9. The molecule has 3 unspecified atom stereocenters. The Labute approximate surface area is 263 Å². The topological polar surface area (TPSA) is 40.5 Å². The maximum absolute atomic E-state index is 10.4. The van der Waals surface area contributed by atoms with E-state index in [0.717, 1.165) is 30.4 Å². The second-order valence-electron chi connectivity index (χ2n) is 13.9. The Kier molecular flexibility index (Phi) is 13.7. The molecule has 2 aliphatic carbocycles. The summed E-state index contributed by atoms with van der Waals surface area (Å²) in [6.07, 6.45) is 31.7. The zero-order valence-electron chi connectivity index (χ0n) is 28.8. The highest BCUT2D eigenvalue weighted by molar-refractivity contribution is 5.40. The monoisotopic (exact) mass is 582 g/mol. The molecule has 2 N–H and O–H groups in total. The van der Waals surface area contributed by atoms with E-state index in [-0.39, 0.29) is 23.0 Å². The van der Waals surface area contributed by atoms with Crippen LogP contribution in [0.5, 0.6) is 0 Å². The molecule has 0 fully saturated rings. The fraction of sp³-hybridized carbons (Fsp3) is 0.463. The van der Waals surface area contributed by atoms with Crippen molar-refractivity contribution in [1.29, 1.82) is 0 Å². The quantitative estimate of drug-likeness (QED) is 0.252. The normalized spacial score (nSPS) is 26.5. The molecule has 2 aliphatic rings. The molecule has 2 nitrogen and oxygen atoms in total. The van der Waals surface area contributed by atoms with E-state index in [1.54, 1.807) is 0 Å². The van der Waals surface area contributed by atoms with Gasteiger partial charge in [0, 0.05) is 0 Å². The van der Waals surface area contributed by atoms with Crippen LogP contribution in [0.25, 0.3) is 0 Å². The van der Waals surface area contributed by atoms with Crippen LogP contribution in [0.1, 0.15) is 95.4 Å². The Morgan fingerprint density at radius 3 is 1.56 bits per heavy atom. The van der Waals surface area contributed by atoms with Gasteiger partial charge in [-0.3, -0.25) is 0 Å². The third-order valence-corrected chi connectivity index (χ3v) is 9.42. The molecule has 43 heavy (non-hydrogen) atoms. The largest absolute Gasteiger partial charge is 0.389 e. The second-order valence-corrected chi connectivity index (χ2v) is 13.9. The van der Waals surface area contributed by atoms with Crippen LogP contribution in [0.15, 0.2) is 130 Å². The summed E-state index contributed by atoms with van der Waals surface area (Å²) >= 11 is 0. The Morgan fingerprint density at radius 2 is 1.05 bits per heavy atom. The van der Waals surface area contributed by atoms with Crippen molar-refractivity contribution < 1.29 is 10.2 Å². The van der Waals surface area contributed by atoms with Gasteiger partial charge in [0.1, 0.15) is 0 Å². The minimum Gasteiger partial charge on any atom is -0.389 e. The highest BCUT2D eigenvalue weighted by Crippen LogP contribution is 2.45. The van der Waals surface area contributed by atoms with E-state index in [1.165, 1.54) is 33.4 Å². The third-order valence-electron chi connectivity index (χ3n) is 9.42. The molecule has 0 heterocycles.